The Morgan fingerprint density at radius 3 is 2.25 bits per heavy atom. The molecule has 0 radical (unpaired) electrons. The summed E-state index contributed by atoms with van der Waals surface area (Å²) in [5.74, 6) is 1.77. The highest BCUT2D eigenvalue weighted by Crippen LogP contribution is 2.34. The van der Waals surface area contributed by atoms with Gasteiger partial charge in [-0.15, -0.1) is 0 Å². The lowest BCUT2D eigenvalue weighted by molar-refractivity contribution is 0.415. The van der Waals surface area contributed by atoms with Crippen LogP contribution in [0.4, 0.5) is 0 Å². The molecule has 0 atom stereocenters. The molecule has 0 aliphatic carbocycles. The van der Waals surface area contributed by atoms with Crippen molar-refractivity contribution in [3.05, 3.63) is 53.1 Å². The van der Waals surface area contributed by atoms with Gasteiger partial charge in [-0.2, -0.15) is 0 Å². The van der Waals surface area contributed by atoms with E-state index in [2.05, 4.69) is 39.0 Å². The standard InChI is InChI=1S/C18H18O2/c1-11-7-12(2)18(13(3)8-11)17-10-14-9-15(19-4)5-6-16(14)20-17/h5-10H,1-4H3. The smallest absolute Gasteiger partial charge is 0.135 e. The summed E-state index contributed by atoms with van der Waals surface area (Å²) in [6, 6.07) is 12.3. The topological polar surface area (TPSA) is 22.4 Å². The molecule has 0 spiro atoms. The highest BCUT2D eigenvalue weighted by Gasteiger charge is 2.12. The number of aryl methyl sites for hydroxylation is 3. The van der Waals surface area contributed by atoms with Crippen molar-refractivity contribution in [2.24, 2.45) is 0 Å². The minimum atomic E-state index is 0.849. The Balaban J connectivity index is 2.20. The summed E-state index contributed by atoms with van der Waals surface area (Å²) in [4.78, 5) is 0. The minimum absolute atomic E-state index is 0.849. The van der Waals surface area contributed by atoms with Crippen molar-refractivity contribution in [3.63, 3.8) is 0 Å². The van der Waals surface area contributed by atoms with Crippen molar-refractivity contribution in [2.45, 2.75) is 20.8 Å². The first kappa shape index (κ1) is 12.8. The maximum Gasteiger partial charge on any atom is 0.135 e. The van der Waals surface area contributed by atoms with Gasteiger partial charge in [-0.25, -0.2) is 0 Å². The molecule has 0 bridgehead atoms. The Labute approximate surface area is 119 Å². The molecule has 2 aromatic carbocycles. The van der Waals surface area contributed by atoms with E-state index in [0.717, 1.165) is 22.5 Å². The fraction of sp³-hybridized carbons (Fsp3) is 0.222. The summed E-state index contributed by atoms with van der Waals surface area (Å²) in [7, 11) is 1.68. The predicted octanol–water partition coefficient (Wildman–Crippen LogP) is 5.03. The number of hydrogen-bond donors (Lipinski definition) is 0. The lowest BCUT2D eigenvalue weighted by Gasteiger charge is -2.08. The number of benzene rings is 2. The van der Waals surface area contributed by atoms with Crippen LogP contribution in [0.15, 0.2) is 40.8 Å². The van der Waals surface area contributed by atoms with Gasteiger partial charge in [0.05, 0.1) is 7.11 Å². The molecular weight excluding hydrogens is 248 g/mol. The van der Waals surface area contributed by atoms with Crippen LogP contribution >= 0.6 is 0 Å². The van der Waals surface area contributed by atoms with Crippen molar-refractivity contribution in [2.75, 3.05) is 7.11 Å². The second-order valence-corrected chi connectivity index (χ2v) is 5.29. The number of ether oxygens (including phenoxy) is 1. The van der Waals surface area contributed by atoms with Crippen LogP contribution in [-0.4, -0.2) is 7.11 Å². The lowest BCUT2D eigenvalue weighted by atomic mass is 9.98. The summed E-state index contributed by atoms with van der Waals surface area (Å²) >= 11 is 0. The highest BCUT2D eigenvalue weighted by atomic mass is 16.5. The second-order valence-electron chi connectivity index (χ2n) is 5.29. The highest BCUT2D eigenvalue weighted by molar-refractivity contribution is 5.85. The van der Waals surface area contributed by atoms with Gasteiger partial charge in [-0.3, -0.25) is 0 Å². The Bertz CT molecular complexity index is 758. The van der Waals surface area contributed by atoms with Gasteiger partial charge in [0.1, 0.15) is 17.1 Å². The molecule has 102 valence electrons. The zero-order valence-corrected chi connectivity index (χ0v) is 12.3. The molecule has 3 rings (SSSR count). The molecule has 0 fully saturated rings. The monoisotopic (exact) mass is 266 g/mol. The maximum atomic E-state index is 6.00. The summed E-state index contributed by atoms with van der Waals surface area (Å²) in [6.07, 6.45) is 0. The van der Waals surface area contributed by atoms with Gasteiger partial charge in [0, 0.05) is 10.9 Å². The van der Waals surface area contributed by atoms with E-state index in [9.17, 15) is 0 Å². The fourth-order valence-electron chi connectivity index (χ4n) is 2.84. The largest absolute Gasteiger partial charge is 0.497 e. The SMILES string of the molecule is COc1ccc2oc(-c3c(C)cc(C)cc3C)cc2c1. The number of rotatable bonds is 2. The first-order valence-corrected chi connectivity index (χ1v) is 6.74. The van der Waals surface area contributed by atoms with Crippen LogP contribution in [0.5, 0.6) is 5.75 Å². The molecule has 0 aliphatic rings. The average Bonchev–Trinajstić information content (AvgIpc) is 2.79. The molecule has 2 nitrogen and oxygen atoms in total. The Morgan fingerprint density at radius 2 is 1.60 bits per heavy atom. The van der Waals surface area contributed by atoms with E-state index >= 15 is 0 Å². The molecule has 1 heterocycles. The lowest BCUT2D eigenvalue weighted by Crippen LogP contribution is -1.88. The molecule has 0 amide bonds. The van der Waals surface area contributed by atoms with Gasteiger partial charge < -0.3 is 9.15 Å². The van der Waals surface area contributed by atoms with Gasteiger partial charge in [-0.05, 0) is 56.2 Å². The predicted molar refractivity (Wildman–Crippen MR) is 82.4 cm³/mol. The molecule has 0 aliphatic heterocycles. The second kappa shape index (κ2) is 4.71. The van der Waals surface area contributed by atoms with Crippen molar-refractivity contribution in [1.29, 1.82) is 0 Å². The van der Waals surface area contributed by atoms with Crippen LogP contribution in [0.25, 0.3) is 22.3 Å². The molecule has 0 saturated carbocycles. The molecule has 1 aromatic heterocycles. The van der Waals surface area contributed by atoms with Crippen LogP contribution in [0, 0.1) is 20.8 Å². The molecule has 0 N–H and O–H groups in total. The zero-order chi connectivity index (χ0) is 14.3. The molecule has 0 saturated heterocycles. The molecule has 2 heteroatoms. The van der Waals surface area contributed by atoms with E-state index in [1.807, 2.05) is 18.2 Å². The van der Waals surface area contributed by atoms with E-state index in [1.165, 1.54) is 22.3 Å². The van der Waals surface area contributed by atoms with Crippen LogP contribution in [0.3, 0.4) is 0 Å². The number of furan rings is 1. The molecule has 3 aromatic rings. The maximum absolute atomic E-state index is 6.00. The van der Waals surface area contributed by atoms with E-state index in [1.54, 1.807) is 7.11 Å². The minimum Gasteiger partial charge on any atom is -0.497 e. The summed E-state index contributed by atoms with van der Waals surface area (Å²) in [5, 5.41) is 1.07. The van der Waals surface area contributed by atoms with Crippen LogP contribution in [0.1, 0.15) is 16.7 Å². The van der Waals surface area contributed by atoms with Crippen LogP contribution < -0.4 is 4.74 Å². The average molecular weight is 266 g/mol. The number of hydrogen-bond acceptors (Lipinski definition) is 2. The quantitative estimate of drug-likeness (QED) is 0.648. The van der Waals surface area contributed by atoms with Crippen LogP contribution in [-0.2, 0) is 0 Å². The van der Waals surface area contributed by atoms with Gasteiger partial charge >= 0.3 is 0 Å². The van der Waals surface area contributed by atoms with Gasteiger partial charge in [0.2, 0.25) is 0 Å². The number of fused-ring (bicyclic) bond motifs is 1. The zero-order valence-electron chi connectivity index (χ0n) is 12.3. The fourth-order valence-corrected chi connectivity index (χ4v) is 2.84. The Morgan fingerprint density at radius 1 is 0.900 bits per heavy atom. The van der Waals surface area contributed by atoms with Crippen molar-refractivity contribution >= 4 is 11.0 Å². The summed E-state index contributed by atoms with van der Waals surface area (Å²) in [6.45, 7) is 6.37. The van der Waals surface area contributed by atoms with E-state index < -0.39 is 0 Å². The van der Waals surface area contributed by atoms with Gasteiger partial charge in [0.25, 0.3) is 0 Å². The third kappa shape index (κ3) is 2.07. The molecule has 20 heavy (non-hydrogen) atoms. The first-order valence-electron chi connectivity index (χ1n) is 6.74. The summed E-state index contributed by atoms with van der Waals surface area (Å²) in [5.41, 5.74) is 5.84. The molecular formula is C18H18O2. The van der Waals surface area contributed by atoms with Crippen LogP contribution in [0.2, 0.25) is 0 Å². The van der Waals surface area contributed by atoms with E-state index in [4.69, 9.17) is 9.15 Å². The first-order chi connectivity index (χ1) is 9.58. The van der Waals surface area contributed by atoms with Crippen molar-refractivity contribution < 1.29 is 9.15 Å². The third-order valence-electron chi connectivity index (χ3n) is 3.65. The van der Waals surface area contributed by atoms with Crippen molar-refractivity contribution in [1.82, 2.24) is 0 Å². The normalized spacial score (nSPS) is 11.0. The van der Waals surface area contributed by atoms with E-state index in [-0.39, 0.29) is 0 Å². The Hall–Kier alpha value is -2.22. The van der Waals surface area contributed by atoms with Crippen molar-refractivity contribution in [3.8, 4) is 17.1 Å². The molecule has 0 unspecified atom stereocenters. The van der Waals surface area contributed by atoms with Gasteiger partial charge in [-0.1, -0.05) is 17.7 Å². The van der Waals surface area contributed by atoms with Gasteiger partial charge in [0.15, 0.2) is 0 Å². The third-order valence-corrected chi connectivity index (χ3v) is 3.65. The van der Waals surface area contributed by atoms with E-state index in [0.29, 0.717) is 0 Å². The summed E-state index contributed by atoms with van der Waals surface area (Å²) < 4.78 is 11.3. The Kier molecular flexibility index (Phi) is 3.01. The number of methoxy groups -OCH3 is 1.